The minimum atomic E-state index is -0.108. The smallest absolute Gasteiger partial charge is 0.227 e. The third kappa shape index (κ3) is 3.55. The van der Waals surface area contributed by atoms with Crippen LogP contribution in [0.2, 0.25) is 0 Å². The Morgan fingerprint density at radius 2 is 1.92 bits per heavy atom. The summed E-state index contributed by atoms with van der Waals surface area (Å²) in [5.41, 5.74) is 2.58. The van der Waals surface area contributed by atoms with Gasteiger partial charge in [0, 0.05) is 15.7 Å². The molecule has 1 heterocycles. The van der Waals surface area contributed by atoms with Crippen molar-refractivity contribution in [3.8, 4) is 0 Å². The first-order valence-electron chi connectivity index (χ1n) is 8.65. The second-order valence-corrected chi connectivity index (χ2v) is 7.97. The van der Waals surface area contributed by atoms with E-state index in [1.807, 2.05) is 24.0 Å². The number of thiophene rings is 1. The van der Waals surface area contributed by atoms with Gasteiger partial charge in [-0.15, -0.1) is 11.3 Å². The summed E-state index contributed by atoms with van der Waals surface area (Å²) >= 11 is 1.73. The van der Waals surface area contributed by atoms with Gasteiger partial charge in [0.2, 0.25) is 5.91 Å². The first-order chi connectivity index (χ1) is 11.6. The standard InChI is InChI=1S/C20H25NO2S/c1-3-18(13-22)21(12-19-9-8-14(2)24-19)20(23)17-10-15-6-4-5-7-16(15)11-17/h4-9,17-18,22H,3,10-13H2,1-2H3/t18-/m0/s1. The van der Waals surface area contributed by atoms with E-state index >= 15 is 0 Å². The van der Waals surface area contributed by atoms with E-state index in [4.69, 9.17) is 0 Å². The van der Waals surface area contributed by atoms with Crippen molar-refractivity contribution < 1.29 is 9.90 Å². The zero-order valence-electron chi connectivity index (χ0n) is 14.4. The highest BCUT2D eigenvalue weighted by molar-refractivity contribution is 7.11. The molecule has 1 aromatic heterocycles. The zero-order valence-corrected chi connectivity index (χ0v) is 15.2. The normalized spacial score (nSPS) is 15.3. The van der Waals surface area contributed by atoms with Crippen molar-refractivity contribution in [1.29, 1.82) is 0 Å². The molecule has 1 aromatic carbocycles. The third-order valence-corrected chi connectivity index (χ3v) is 5.91. The molecule has 1 atom stereocenters. The summed E-state index contributed by atoms with van der Waals surface area (Å²) in [6.07, 6.45) is 2.40. The number of hydrogen-bond acceptors (Lipinski definition) is 3. The largest absolute Gasteiger partial charge is 0.394 e. The van der Waals surface area contributed by atoms with Gasteiger partial charge in [-0.1, -0.05) is 31.2 Å². The highest BCUT2D eigenvalue weighted by atomic mass is 32.1. The maximum atomic E-state index is 13.2. The molecule has 1 aliphatic carbocycles. The van der Waals surface area contributed by atoms with Crippen LogP contribution >= 0.6 is 11.3 Å². The van der Waals surface area contributed by atoms with Gasteiger partial charge in [-0.3, -0.25) is 4.79 Å². The zero-order chi connectivity index (χ0) is 17.1. The molecule has 4 heteroatoms. The second kappa shape index (κ2) is 7.49. The Morgan fingerprint density at radius 3 is 2.42 bits per heavy atom. The van der Waals surface area contributed by atoms with Gasteiger partial charge in [0.25, 0.3) is 0 Å². The summed E-state index contributed by atoms with van der Waals surface area (Å²) in [6, 6.07) is 12.4. The number of aryl methyl sites for hydroxylation is 1. The number of carbonyl (C=O) groups excluding carboxylic acids is 1. The number of benzene rings is 1. The highest BCUT2D eigenvalue weighted by Gasteiger charge is 2.33. The van der Waals surface area contributed by atoms with Crippen molar-refractivity contribution in [2.75, 3.05) is 6.61 Å². The lowest BCUT2D eigenvalue weighted by molar-refractivity contribution is -0.139. The van der Waals surface area contributed by atoms with Crippen molar-refractivity contribution in [2.24, 2.45) is 5.92 Å². The van der Waals surface area contributed by atoms with Gasteiger partial charge < -0.3 is 10.0 Å². The molecular weight excluding hydrogens is 318 g/mol. The molecule has 128 valence electrons. The van der Waals surface area contributed by atoms with Crippen molar-refractivity contribution in [3.05, 3.63) is 57.3 Å². The van der Waals surface area contributed by atoms with Crippen molar-refractivity contribution >= 4 is 17.2 Å². The monoisotopic (exact) mass is 343 g/mol. The molecule has 3 nitrogen and oxygen atoms in total. The van der Waals surface area contributed by atoms with Crippen LogP contribution in [0, 0.1) is 12.8 Å². The topological polar surface area (TPSA) is 40.5 Å². The van der Waals surface area contributed by atoms with Crippen LogP contribution in [0.5, 0.6) is 0 Å². The lowest BCUT2D eigenvalue weighted by atomic mass is 10.0. The van der Waals surface area contributed by atoms with E-state index in [0.29, 0.717) is 6.54 Å². The Kier molecular flexibility index (Phi) is 5.36. The Morgan fingerprint density at radius 1 is 1.25 bits per heavy atom. The van der Waals surface area contributed by atoms with Crippen LogP contribution in [-0.2, 0) is 24.2 Å². The summed E-state index contributed by atoms with van der Waals surface area (Å²) in [6.45, 7) is 4.73. The van der Waals surface area contributed by atoms with Gasteiger partial charge >= 0.3 is 0 Å². The van der Waals surface area contributed by atoms with E-state index in [1.54, 1.807) is 11.3 Å². The van der Waals surface area contributed by atoms with Crippen LogP contribution < -0.4 is 0 Å². The van der Waals surface area contributed by atoms with Crippen LogP contribution in [0.3, 0.4) is 0 Å². The van der Waals surface area contributed by atoms with Gasteiger partial charge in [0.05, 0.1) is 19.2 Å². The average molecular weight is 343 g/mol. The van der Waals surface area contributed by atoms with E-state index in [-0.39, 0.29) is 24.5 Å². The molecule has 0 bridgehead atoms. The predicted octanol–water partition coefficient (Wildman–Crippen LogP) is 3.57. The Bertz CT molecular complexity index is 680. The highest BCUT2D eigenvalue weighted by Crippen LogP contribution is 2.29. The molecule has 24 heavy (non-hydrogen) atoms. The van der Waals surface area contributed by atoms with Gasteiger partial charge in [-0.25, -0.2) is 0 Å². The number of fused-ring (bicyclic) bond motifs is 1. The van der Waals surface area contributed by atoms with Gasteiger partial charge in [-0.05, 0) is 49.4 Å². The summed E-state index contributed by atoms with van der Waals surface area (Å²) in [5.74, 6) is 0.183. The minimum absolute atomic E-state index is 0.00376. The molecule has 3 rings (SSSR count). The quantitative estimate of drug-likeness (QED) is 0.871. The maximum absolute atomic E-state index is 13.2. The fraction of sp³-hybridized carbons (Fsp3) is 0.450. The van der Waals surface area contributed by atoms with Crippen molar-refractivity contribution in [1.82, 2.24) is 4.90 Å². The molecule has 0 spiro atoms. The Balaban J connectivity index is 1.79. The van der Waals surface area contributed by atoms with Crippen LogP contribution in [0.25, 0.3) is 0 Å². The molecule has 1 N–H and O–H groups in total. The molecule has 0 radical (unpaired) electrons. The van der Waals surface area contributed by atoms with Crippen molar-refractivity contribution in [3.63, 3.8) is 0 Å². The van der Waals surface area contributed by atoms with E-state index in [0.717, 1.165) is 19.3 Å². The minimum Gasteiger partial charge on any atom is -0.394 e. The summed E-state index contributed by atoms with van der Waals surface area (Å²) in [7, 11) is 0. The molecular formula is C20H25NO2S. The number of hydrogen-bond donors (Lipinski definition) is 1. The Labute approximate surface area is 147 Å². The second-order valence-electron chi connectivity index (χ2n) is 6.60. The molecule has 0 saturated heterocycles. The van der Waals surface area contributed by atoms with E-state index in [9.17, 15) is 9.90 Å². The molecule has 0 saturated carbocycles. The Hall–Kier alpha value is -1.65. The van der Waals surface area contributed by atoms with Crippen LogP contribution in [0.15, 0.2) is 36.4 Å². The van der Waals surface area contributed by atoms with Crippen molar-refractivity contribution in [2.45, 2.75) is 45.7 Å². The fourth-order valence-corrected chi connectivity index (χ4v) is 4.43. The van der Waals surface area contributed by atoms with Gasteiger partial charge in [0.1, 0.15) is 0 Å². The number of amides is 1. The molecule has 0 fully saturated rings. The summed E-state index contributed by atoms with van der Waals surface area (Å²) < 4.78 is 0. The van der Waals surface area contributed by atoms with E-state index in [1.165, 1.54) is 20.9 Å². The number of carbonyl (C=O) groups is 1. The van der Waals surface area contributed by atoms with E-state index < -0.39 is 0 Å². The lowest BCUT2D eigenvalue weighted by Gasteiger charge is -2.32. The number of aliphatic hydroxyl groups is 1. The maximum Gasteiger partial charge on any atom is 0.227 e. The third-order valence-electron chi connectivity index (χ3n) is 4.93. The fourth-order valence-electron chi connectivity index (χ4n) is 3.54. The first kappa shape index (κ1) is 17.2. The average Bonchev–Trinajstić information content (AvgIpc) is 3.20. The predicted molar refractivity (Wildman–Crippen MR) is 98.1 cm³/mol. The molecule has 1 amide bonds. The molecule has 1 aliphatic rings. The molecule has 0 aliphatic heterocycles. The molecule has 2 aromatic rings. The molecule has 0 unspecified atom stereocenters. The van der Waals surface area contributed by atoms with Crippen LogP contribution in [-0.4, -0.2) is 28.6 Å². The van der Waals surface area contributed by atoms with Gasteiger partial charge in [0.15, 0.2) is 0 Å². The van der Waals surface area contributed by atoms with E-state index in [2.05, 4.69) is 31.2 Å². The van der Waals surface area contributed by atoms with Crippen LogP contribution in [0.1, 0.15) is 34.2 Å². The summed E-state index contributed by atoms with van der Waals surface area (Å²) in [4.78, 5) is 17.5. The van der Waals surface area contributed by atoms with Gasteiger partial charge in [-0.2, -0.15) is 0 Å². The first-order valence-corrected chi connectivity index (χ1v) is 9.47. The number of aliphatic hydroxyl groups excluding tert-OH is 1. The summed E-state index contributed by atoms with van der Waals surface area (Å²) in [5, 5.41) is 9.75. The number of rotatable bonds is 6. The SMILES string of the molecule is CC[C@@H](CO)N(Cc1ccc(C)s1)C(=O)C1Cc2ccccc2C1. The lowest BCUT2D eigenvalue weighted by Crippen LogP contribution is -2.44. The number of nitrogens with zero attached hydrogens (tertiary/aromatic N) is 1. The van der Waals surface area contributed by atoms with Crippen LogP contribution in [0.4, 0.5) is 0 Å².